The fraction of sp³-hybridized carbons (Fsp3) is 0.727. The molecule has 0 aromatic rings. The third-order valence-corrected chi connectivity index (χ3v) is 4.27. The molecule has 76 valence electrons. The van der Waals surface area contributed by atoms with Gasteiger partial charge in [0.1, 0.15) is 7.85 Å². The van der Waals surface area contributed by atoms with Crippen LogP contribution in [-0.2, 0) is 0 Å². The predicted molar refractivity (Wildman–Crippen MR) is 57.8 cm³/mol. The second-order valence-electron chi connectivity index (χ2n) is 4.98. The number of hydrogen-bond acceptors (Lipinski definition) is 2. The first-order valence-corrected chi connectivity index (χ1v) is 5.27. The molecular weight excluding hydrogens is 175 g/mol. The van der Waals surface area contributed by atoms with Crippen molar-refractivity contribution in [2.24, 2.45) is 10.8 Å². The van der Waals surface area contributed by atoms with Gasteiger partial charge in [-0.2, -0.15) is 0 Å². The van der Waals surface area contributed by atoms with Crippen LogP contribution in [0.1, 0.15) is 19.3 Å². The zero-order valence-corrected chi connectivity index (χ0v) is 8.66. The quantitative estimate of drug-likeness (QED) is 0.487. The maximum absolute atomic E-state index is 10.3. The molecule has 2 saturated carbocycles. The van der Waals surface area contributed by atoms with Crippen LogP contribution in [0.2, 0.25) is 5.82 Å². The number of aliphatic hydroxyl groups is 2. The molecule has 0 aromatic carbocycles. The summed E-state index contributed by atoms with van der Waals surface area (Å²) < 4.78 is 0. The first-order valence-electron chi connectivity index (χ1n) is 5.27. The summed E-state index contributed by atoms with van der Waals surface area (Å²) in [7, 11) is 2.17. The maximum atomic E-state index is 10.3. The Balaban J connectivity index is 2.33. The van der Waals surface area contributed by atoms with E-state index in [-0.39, 0.29) is 12.0 Å². The molecule has 2 aliphatic rings. The Bertz CT molecular complexity index is 292. The Morgan fingerprint density at radius 2 is 2.21 bits per heavy atom. The van der Waals surface area contributed by atoms with Gasteiger partial charge in [-0.1, -0.05) is 12.4 Å². The number of rotatable bonds is 2. The highest BCUT2D eigenvalue weighted by Crippen LogP contribution is 2.68. The number of aliphatic hydroxyl groups excluding tert-OH is 2. The summed E-state index contributed by atoms with van der Waals surface area (Å²) in [6.45, 7) is 3.54. The molecule has 0 unspecified atom stereocenters. The second-order valence-corrected chi connectivity index (χ2v) is 4.98. The maximum Gasteiger partial charge on any atom is 0.106 e. The molecule has 0 radical (unpaired) electrons. The average Bonchev–Trinajstić information content (AvgIpc) is 2.93. The Morgan fingerprint density at radius 3 is 2.57 bits per heavy atom. The monoisotopic (exact) mass is 192 g/mol. The van der Waals surface area contributed by atoms with Gasteiger partial charge in [-0.05, 0) is 30.8 Å². The highest BCUT2D eigenvalue weighted by molar-refractivity contribution is 6.13. The van der Waals surface area contributed by atoms with Crippen LogP contribution in [-0.4, -0.2) is 30.8 Å². The lowest BCUT2D eigenvalue weighted by Crippen LogP contribution is -2.35. The molecule has 0 heterocycles. The average molecular weight is 192 g/mol. The van der Waals surface area contributed by atoms with Gasteiger partial charge < -0.3 is 10.2 Å². The zero-order chi connectivity index (χ0) is 10.4. The van der Waals surface area contributed by atoms with Gasteiger partial charge in [0.15, 0.2) is 0 Å². The van der Waals surface area contributed by atoms with Crippen LogP contribution in [0.4, 0.5) is 0 Å². The van der Waals surface area contributed by atoms with Gasteiger partial charge in [0.05, 0.1) is 12.7 Å². The van der Waals surface area contributed by atoms with Crippen LogP contribution in [0.25, 0.3) is 0 Å². The highest BCUT2D eigenvalue weighted by atomic mass is 16.3. The Hall–Kier alpha value is -0.495. The summed E-state index contributed by atoms with van der Waals surface area (Å²) in [5.74, 6) is 0.495. The lowest BCUT2D eigenvalue weighted by Gasteiger charge is -2.28. The van der Waals surface area contributed by atoms with E-state index in [0.717, 1.165) is 19.3 Å². The van der Waals surface area contributed by atoms with E-state index in [0.29, 0.717) is 5.82 Å². The van der Waals surface area contributed by atoms with E-state index in [4.69, 9.17) is 0 Å². The smallest absolute Gasteiger partial charge is 0.106 e. The molecule has 2 aliphatic carbocycles. The van der Waals surface area contributed by atoms with E-state index in [1.54, 1.807) is 6.08 Å². The number of hydrogen-bond donors (Lipinski definition) is 2. The molecule has 2 nitrogen and oxygen atoms in total. The van der Waals surface area contributed by atoms with Crippen molar-refractivity contribution in [3.63, 3.8) is 0 Å². The van der Waals surface area contributed by atoms with Crippen molar-refractivity contribution in [3.05, 3.63) is 18.4 Å². The molecule has 3 atom stereocenters. The molecule has 0 amide bonds. The highest BCUT2D eigenvalue weighted by Gasteiger charge is 2.64. The lowest BCUT2D eigenvalue weighted by atomic mass is 9.76. The summed E-state index contributed by atoms with van der Waals surface area (Å²) in [6.07, 6.45) is 4.41. The molecule has 2 rings (SSSR count). The van der Waals surface area contributed by atoms with Crippen LogP contribution in [0.5, 0.6) is 0 Å². The van der Waals surface area contributed by atoms with Crippen LogP contribution < -0.4 is 0 Å². The molecule has 0 bridgehead atoms. The summed E-state index contributed by atoms with van der Waals surface area (Å²) in [5.41, 5.74) is 2.34. The van der Waals surface area contributed by atoms with E-state index >= 15 is 0 Å². The van der Waals surface area contributed by atoms with Crippen molar-refractivity contribution < 1.29 is 10.2 Å². The van der Waals surface area contributed by atoms with E-state index in [9.17, 15) is 10.2 Å². The third kappa shape index (κ3) is 1.07. The largest absolute Gasteiger partial charge is 0.395 e. The van der Waals surface area contributed by atoms with Crippen LogP contribution in [0.15, 0.2) is 18.4 Å². The van der Waals surface area contributed by atoms with Gasteiger partial charge in [-0.15, -0.1) is 5.73 Å². The fourth-order valence-electron chi connectivity index (χ4n) is 3.18. The second kappa shape index (κ2) is 3.00. The van der Waals surface area contributed by atoms with Crippen molar-refractivity contribution >= 4 is 7.85 Å². The zero-order valence-electron chi connectivity index (χ0n) is 8.66. The van der Waals surface area contributed by atoms with Crippen molar-refractivity contribution in [1.82, 2.24) is 0 Å². The molecule has 1 spiro atoms. The van der Waals surface area contributed by atoms with Crippen LogP contribution >= 0.6 is 0 Å². The third-order valence-electron chi connectivity index (χ3n) is 4.27. The van der Waals surface area contributed by atoms with E-state index < -0.39 is 11.5 Å². The molecule has 3 heteroatoms. The van der Waals surface area contributed by atoms with Crippen molar-refractivity contribution in [2.75, 3.05) is 6.61 Å². The summed E-state index contributed by atoms with van der Waals surface area (Å²) in [6, 6.07) is 0. The molecule has 0 saturated heterocycles. The minimum Gasteiger partial charge on any atom is -0.395 e. The molecule has 2 fully saturated rings. The van der Waals surface area contributed by atoms with E-state index in [2.05, 4.69) is 20.2 Å². The van der Waals surface area contributed by atoms with Crippen molar-refractivity contribution in [2.45, 2.75) is 31.2 Å². The van der Waals surface area contributed by atoms with Gasteiger partial charge in [0, 0.05) is 5.41 Å². The Labute approximate surface area is 85.7 Å². The summed E-state index contributed by atoms with van der Waals surface area (Å²) >= 11 is 0. The normalized spacial score (nSPS) is 43.6. The molecule has 2 N–H and O–H groups in total. The predicted octanol–water partition coefficient (Wildman–Crippen LogP) is 0.273. The molecule has 14 heavy (non-hydrogen) atoms. The van der Waals surface area contributed by atoms with E-state index in [1.165, 1.54) is 0 Å². The Kier molecular flexibility index (Phi) is 2.15. The molecule has 0 aliphatic heterocycles. The van der Waals surface area contributed by atoms with Crippen LogP contribution in [0, 0.1) is 10.8 Å². The summed E-state index contributed by atoms with van der Waals surface area (Å²) in [4.78, 5) is 0. The van der Waals surface area contributed by atoms with Crippen molar-refractivity contribution in [3.8, 4) is 0 Å². The lowest BCUT2D eigenvalue weighted by molar-refractivity contribution is 0.00945. The van der Waals surface area contributed by atoms with Gasteiger partial charge in [0.25, 0.3) is 0 Å². The minimum absolute atomic E-state index is 0.00275. The van der Waals surface area contributed by atoms with E-state index in [1.807, 2.05) is 0 Å². The summed E-state index contributed by atoms with van der Waals surface area (Å²) in [5, 5.41) is 19.7. The topological polar surface area (TPSA) is 40.5 Å². The Morgan fingerprint density at radius 1 is 1.57 bits per heavy atom. The van der Waals surface area contributed by atoms with Gasteiger partial charge in [0.2, 0.25) is 0 Å². The SMILES string of the molecule is B[C@@H]1C[C@](C=C=C)(CO)[C@H](O)C12CC2. The van der Waals surface area contributed by atoms with Crippen molar-refractivity contribution in [1.29, 1.82) is 0 Å². The first-order chi connectivity index (χ1) is 6.61. The first kappa shape index (κ1) is 10.0. The molecule has 0 aromatic heterocycles. The van der Waals surface area contributed by atoms with Crippen LogP contribution in [0.3, 0.4) is 0 Å². The minimum atomic E-state index is -0.475. The molecular formula is C11H17BO2. The fourth-order valence-corrected chi connectivity index (χ4v) is 3.18. The van der Waals surface area contributed by atoms with Gasteiger partial charge in [-0.25, -0.2) is 0 Å². The van der Waals surface area contributed by atoms with Gasteiger partial charge >= 0.3 is 0 Å². The standard InChI is InChI=1S/C11H17BO2/c1-2-3-10(7-13)6-8(12)11(4-5-11)9(10)14/h3,8-9,13-14H,1,4-7,12H2/t8-,9+,10-/m1/s1. The van der Waals surface area contributed by atoms with Gasteiger partial charge in [-0.3, -0.25) is 0 Å².